The standard InChI is InChI=1S/C13H16N2O8S2/c1-6(23-25(20,21)22)10-8-5-9(24-4-3-14-7(2)16)11(13(18)19)15(8)12(10)17/h3-4,6,8,10H,5H2,1-2H3,(H,14,16)(H,18,19)(H,20,21,22)/b4-3-/t6-,8+,10-/m0/s1. The van der Waals surface area contributed by atoms with Gasteiger partial charge >= 0.3 is 16.4 Å². The second-order valence-electron chi connectivity index (χ2n) is 5.43. The monoisotopic (exact) mass is 392 g/mol. The molecule has 2 aliphatic rings. The van der Waals surface area contributed by atoms with Gasteiger partial charge in [-0.15, -0.1) is 0 Å². The second kappa shape index (κ2) is 7.15. The first-order valence-corrected chi connectivity index (χ1v) is 9.31. The molecule has 0 spiro atoms. The maximum absolute atomic E-state index is 12.2. The van der Waals surface area contributed by atoms with Crippen LogP contribution in [0.25, 0.3) is 0 Å². The molecule has 2 rings (SSSR count). The Morgan fingerprint density at radius 2 is 2.12 bits per heavy atom. The van der Waals surface area contributed by atoms with E-state index in [0.717, 1.165) is 16.7 Å². The zero-order chi connectivity index (χ0) is 18.9. The third-order valence-electron chi connectivity index (χ3n) is 3.71. The molecule has 10 nitrogen and oxygen atoms in total. The highest BCUT2D eigenvalue weighted by Gasteiger charge is 2.57. The maximum Gasteiger partial charge on any atom is 0.397 e. The molecule has 0 aliphatic carbocycles. The molecule has 0 aromatic rings. The lowest BCUT2D eigenvalue weighted by Gasteiger charge is -2.45. The fourth-order valence-corrected chi connectivity index (χ4v) is 4.21. The van der Waals surface area contributed by atoms with Crippen LogP contribution in [0.4, 0.5) is 0 Å². The van der Waals surface area contributed by atoms with Crippen molar-refractivity contribution in [2.45, 2.75) is 32.4 Å². The quantitative estimate of drug-likeness (QED) is 0.403. The van der Waals surface area contributed by atoms with E-state index in [0.29, 0.717) is 4.91 Å². The number of nitrogens with zero attached hydrogens (tertiary/aromatic N) is 1. The van der Waals surface area contributed by atoms with Crippen LogP contribution in [0.1, 0.15) is 20.3 Å². The van der Waals surface area contributed by atoms with Gasteiger partial charge in [-0.05, 0) is 12.3 Å². The van der Waals surface area contributed by atoms with Gasteiger partial charge in [-0.2, -0.15) is 8.42 Å². The molecular formula is C13H16N2O8S2. The molecule has 0 aromatic heterocycles. The summed E-state index contributed by atoms with van der Waals surface area (Å²) in [5.74, 6) is -3.03. The Morgan fingerprint density at radius 3 is 2.64 bits per heavy atom. The van der Waals surface area contributed by atoms with Crippen molar-refractivity contribution in [2.75, 3.05) is 0 Å². The van der Waals surface area contributed by atoms with Crippen LogP contribution in [0.5, 0.6) is 0 Å². The Morgan fingerprint density at radius 1 is 1.48 bits per heavy atom. The average molecular weight is 392 g/mol. The molecule has 1 fully saturated rings. The van der Waals surface area contributed by atoms with E-state index in [1.165, 1.54) is 25.5 Å². The first-order chi connectivity index (χ1) is 11.5. The van der Waals surface area contributed by atoms with Gasteiger partial charge in [-0.3, -0.25) is 14.1 Å². The fraction of sp³-hybridized carbons (Fsp3) is 0.462. The van der Waals surface area contributed by atoms with Gasteiger partial charge in [-0.25, -0.2) is 8.98 Å². The minimum atomic E-state index is -4.72. The number of hydrogen-bond acceptors (Lipinski definition) is 7. The predicted octanol–water partition coefficient (Wildman–Crippen LogP) is 0.0617. The second-order valence-corrected chi connectivity index (χ2v) is 7.48. The van der Waals surface area contributed by atoms with Crippen molar-refractivity contribution in [1.82, 2.24) is 10.2 Å². The molecule has 25 heavy (non-hydrogen) atoms. The minimum absolute atomic E-state index is 0.178. The molecule has 2 heterocycles. The van der Waals surface area contributed by atoms with Gasteiger partial charge in [0, 0.05) is 24.4 Å². The van der Waals surface area contributed by atoms with Gasteiger partial charge in [0.1, 0.15) is 5.70 Å². The van der Waals surface area contributed by atoms with Gasteiger partial charge in [0.25, 0.3) is 0 Å². The van der Waals surface area contributed by atoms with Crippen LogP contribution in [0, 0.1) is 5.92 Å². The van der Waals surface area contributed by atoms with E-state index < -0.39 is 40.3 Å². The number of carbonyl (C=O) groups is 3. The number of fused-ring (bicyclic) bond motifs is 1. The highest BCUT2D eigenvalue weighted by atomic mass is 32.3. The number of carboxylic acids is 1. The molecule has 2 aliphatic heterocycles. The number of carboxylic acid groups (broad SMARTS) is 1. The molecule has 3 atom stereocenters. The Kier molecular flexibility index (Phi) is 5.56. The van der Waals surface area contributed by atoms with Gasteiger partial charge in [0.2, 0.25) is 11.8 Å². The van der Waals surface area contributed by atoms with E-state index >= 15 is 0 Å². The van der Waals surface area contributed by atoms with Crippen LogP contribution >= 0.6 is 11.8 Å². The molecule has 0 bridgehead atoms. The number of amides is 2. The van der Waals surface area contributed by atoms with E-state index in [1.54, 1.807) is 0 Å². The first kappa shape index (κ1) is 19.4. The van der Waals surface area contributed by atoms with Crippen molar-refractivity contribution in [2.24, 2.45) is 5.92 Å². The minimum Gasteiger partial charge on any atom is -0.477 e. The van der Waals surface area contributed by atoms with E-state index in [9.17, 15) is 27.9 Å². The van der Waals surface area contributed by atoms with E-state index in [4.69, 9.17) is 4.55 Å². The topological polar surface area (TPSA) is 150 Å². The van der Waals surface area contributed by atoms with Crippen LogP contribution in [-0.2, 0) is 29.0 Å². The van der Waals surface area contributed by atoms with Crippen LogP contribution in [-0.4, -0.2) is 52.9 Å². The normalized spacial score (nSPS) is 24.3. The summed E-state index contributed by atoms with van der Waals surface area (Å²) < 4.78 is 34.8. The van der Waals surface area contributed by atoms with E-state index in [2.05, 4.69) is 9.50 Å². The number of carbonyl (C=O) groups excluding carboxylic acids is 2. The number of thioether (sulfide) groups is 1. The third kappa shape index (κ3) is 4.21. The summed E-state index contributed by atoms with van der Waals surface area (Å²) in [6.07, 6.45) is 0.420. The van der Waals surface area contributed by atoms with E-state index in [-0.39, 0.29) is 18.0 Å². The highest BCUT2D eigenvalue weighted by Crippen LogP contribution is 2.47. The molecule has 2 amide bonds. The summed E-state index contributed by atoms with van der Waals surface area (Å²) in [5.41, 5.74) is -0.178. The fourth-order valence-electron chi connectivity index (χ4n) is 2.84. The predicted molar refractivity (Wildman–Crippen MR) is 86.0 cm³/mol. The van der Waals surface area contributed by atoms with Crippen LogP contribution in [0.15, 0.2) is 22.2 Å². The molecule has 1 saturated heterocycles. The van der Waals surface area contributed by atoms with Crippen molar-refractivity contribution in [3.8, 4) is 0 Å². The lowest BCUT2D eigenvalue weighted by Crippen LogP contribution is -2.62. The van der Waals surface area contributed by atoms with Crippen LogP contribution < -0.4 is 5.32 Å². The summed E-state index contributed by atoms with van der Waals surface area (Å²) in [5, 5.41) is 13.2. The number of nitrogens with one attached hydrogen (secondary N) is 1. The van der Waals surface area contributed by atoms with Crippen LogP contribution in [0.3, 0.4) is 0 Å². The molecule has 3 N–H and O–H groups in total. The Balaban J connectivity index is 2.14. The molecule has 138 valence electrons. The SMILES string of the molecule is CC(=O)N/C=C\SC1=C(C(=O)O)N2C(=O)[C@@H]([C@H](C)OS(=O)(=O)O)[C@H]2C1. The van der Waals surface area contributed by atoms with Crippen LogP contribution in [0.2, 0.25) is 0 Å². The average Bonchev–Trinajstić information content (AvgIpc) is 2.76. The molecule has 0 saturated carbocycles. The Labute approximate surface area is 147 Å². The van der Waals surface area contributed by atoms with Crippen molar-refractivity contribution in [1.29, 1.82) is 0 Å². The highest BCUT2D eigenvalue weighted by molar-refractivity contribution is 8.05. The Bertz CT molecular complexity index is 773. The van der Waals surface area contributed by atoms with Gasteiger partial charge in [0.05, 0.1) is 18.1 Å². The summed E-state index contributed by atoms with van der Waals surface area (Å²) in [4.78, 5) is 36.0. The molecule has 0 aromatic carbocycles. The summed E-state index contributed by atoms with van der Waals surface area (Å²) in [6, 6.07) is -0.563. The van der Waals surface area contributed by atoms with Gasteiger partial charge in [0.15, 0.2) is 0 Å². The van der Waals surface area contributed by atoms with Crippen molar-refractivity contribution < 1.29 is 36.6 Å². The zero-order valence-electron chi connectivity index (χ0n) is 13.2. The lowest BCUT2D eigenvalue weighted by atomic mass is 9.83. The number of hydrogen-bond donors (Lipinski definition) is 3. The Hall–Kier alpha value is -1.89. The smallest absolute Gasteiger partial charge is 0.397 e. The first-order valence-electron chi connectivity index (χ1n) is 7.07. The van der Waals surface area contributed by atoms with Crippen molar-refractivity contribution in [3.63, 3.8) is 0 Å². The molecule has 12 heteroatoms. The third-order valence-corrected chi connectivity index (χ3v) is 5.18. The summed E-state index contributed by atoms with van der Waals surface area (Å²) >= 11 is 1.04. The molecule has 0 radical (unpaired) electrons. The maximum atomic E-state index is 12.2. The summed E-state index contributed by atoms with van der Waals surface area (Å²) in [7, 11) is -4.72. The van der Waals surface area contributed by atoms with Gasteiger partial charge < -0.3 is 15.3 Å². The summed E-state index contributed by atoms with van der Waals surface area (Å²) in [6.45, 7) is 2.63. The van der Waals surface area contributed by atoms with Crippen molar-refractivity contribution >= 4 is 39.9 Å². The van der Waals surface area contributed by atoms with E-state index in [1.807, 2.05) is 0 Å². The number of aliphatic carboxylic acids is 1. The molecular weight excluding hydrogens is 376 g/mol. The van der Waals surface area contributed by atoms with Crippen molar-refractivity contribution in [3.05, 3.63) is 22.2 Å². The molecule has 0 unspecified atom stereocenters. The number of rotatable bonds is 7. The number of β-lactam (4-membered cyclic amide) rings is 1. The lowest BCUT2D eigenvalue weighted by molar-refractivity contribution is -0.160. The van der Waals surface area contributed by atoms with Gasteiger partial charge in [-0.1, -0.05) is 11.8 Å². The largest absolute Gasteiger partial charge is 0.477 e. The zero-order valence-corrected chi connectivity index (χ0v) is 14.8.